The van der Waals surface area contributed by atoms with Crippen LogP contribution in [0.3, 0.4) is 0 Å². The van der Waals surface area contributed by atoms with Crippen LogP contribution in [-0.2, 0) is 24.6 Å². The minimum Gasteiger partial charge on any atom is -0.503 e. The number of carbonyl (C=O) groups is 4. The Labute approximate surface area is 281 Å². The number of allylic oxidation sites excluding steroid dienone is 2. The topological polar surface area (TPSA) is 116 Å². The SMILES string of the molecule is CCCN1C(=O)[C@H]2[C@H](CC=C3[C@H]2C[C@H]2C(=O)N(Nc4ccc(C)cc4)C(=O)[C@@]2(c2ccccc2)[C@H]3c2cc(Br)c(O)c(OC)c2)C1=O. The number of imide groups is 2. The van der Waals surface area contributed by atoms with E-state index in [1.807, 2.05) is 74.5 Å². The predicted octanol–water partition coefficient (Wildman–Crippen LogP) is 5.87. The van der Waals surface area contributed by atoms with E-state index < -0.39 is 46.8 Å². The first-order valence-electron chi connectivity index (χ1n) is 16.0. The molecule has 6 atom stereocenters. The Hall–Kier alpha value is -4.44. The Morgan fingerprint density at radius 3 is 2.38 bits per heavy atom. The summed E-state index contributed by atoms with van der Waals surface area (Å²) in [5, 5.41) is 11.9. The van der Waals surface area contributed by atoms with Crippen LogP contribution in [-0.4, -0.2) is 52.3 Å². The quantitative estimate of drug-likeness (QED) is 0.235. The van der Waals surface area contributed by atoms with Gasteiger partial charge in [0.1, 0.15) is 0 Å². The molecule has 0 unspecified atom stereocenters. The fourth-order valence-electron chi connectivity index (χ4n) is 8.55. The van der Waals surface area contributed by atoms with Crippen molar-refractivity contribution in [2.45, 2.75) is 44.4 Å². The molecular formula is C37H36BrN3O6. The third-order valence-electron chi connectivity index (χ3n) is 10.5. The lowest BCUT2D eigenvalue weighted by Crippen LogP contribution is -2.53. The summed E-state index contributed by atoms with van der Waals surface area (Å²) in [6.07, 6.45) is 3.26. The summed E-state index contributed by atoms with van der Waals surface area (Å²) in [5.41, 5.74) is 5.51. The number of nitrogens with one attached hydrogen (secondary N) is 1. The van der Waals surface area contributed by atoms with Crippen molar-refractivity contribution in [2.75, 3.05) is 19.1 Å². The molecule has 0 spiro atoms. The largest absolute Gasteiger partial charge is 0.503 e. The number of aryl methyl sites for hydroxylation is 1. The molecule has 47 heavy (non-hydrogen) atoms. The lowest BCUT2D eigenvalue weighted by molar-refractivity contribution is -0.141. The highest BCUT2D eigenvalue weighted by Gasteiger charge is 2.70. The third-order valence-corrected chi connectivity index (χ3v) is 11.1. The fraction of sp³-hybridized carbons (Fsp3) is 0.351. The average molecular weight is 699 g/mol. The summed E-state index contributed by atoms with van der Waals surface area (Å²) in [6.45, 7) is 4.25. The molecule has 4 amide bonds. The van der Waals surface area contributed by atoms with Crippen molar-refractivity contribution in [3.63, 3.8) is 0 Å². The number of hydrogen-bond acceptors (Lipinski definition) is 7. The highest BCUT2D eigenvalue weighted by atomic mass is 79.9. The maximum Gasteiger partial charge on any atom is 0.260 e. The smallest absolute Gasteiger partial charge is 0.260 e. The van der Waals surface area contributed by atoms with Crippen molar-refractivity contribution < 1.29 is 29.0 Å². The maximum absolute atomic E-state index is 15.2. The van der Waals surface area contributed by atoms with Crippen LogP contribution >= 0.6 is 15.9 Å². The van der Waals surface area contributed by atoms with Crippen molar-refractivity contribution in [1.82, 2.24) is 9.91 Å². The summed E-state index contributed by atoms with van der Waals surface area (Å²) >= 11 is 3.49. The highest BCUT2D eigenvalue weighted by Crippen LogP contribution is 2.64. The molecule has 2 aliphatic heterocycles. The zero-order valence-electron chi connectivity index (χ0n) is 26.4. The first-order chi connectivity index (χ1) is 22.6. The average Bonchev–Trinajstić information content (AvgIpc) is 3.44. The van der Waals surface area contributed by atoms with Crippen LogP contribution in [0.1, 0.15) is 48.8 Å². The summed E-state index contributed by atoms with van der Waals surface area (Å²) in [5.74, 6) is -4.22. The van der Waals surface area contributed by atoms with Gasteiger partial charge in [0.05, 0.1) is 40.4 Å². The lowest BCUT2D eigenvalue weighted by Gasteiger charge is -2.50. The van der Waals surface area contributed by atoms with Gasteiger partial charge < -0.3 is 9.84 Å². The number of ether oxygens (including phenoxy) is 1. The molecule has 7 rings (SSSR count). The third kappa shape index (κ3) is 4.55. The van der Waals surface area contributed by atoms with Gasteiger partial charge in [-0.15, -0.1) is 0 Å². The molecule has 3 aromatic carbocycles. The second kappa shape index (κ2) is 11.7. The summed E-state index contributed by atoms with van der Waals surface area (Å²) in [4.78, 5) is 58.8. The Bertz CT molecular complexity index is 1830. The van der Waals surface area contributed by atoms with Gasteiger partial charge in [0.25, 0.3) is 11.8 Å². The van der Waals surface area contributed by atoms with Gasteiger partial charge in [-0.05, 0) is 83.4 Å². The van der Waals surface area contributed by atoms with Gasteiger partial charge in [0, 0.05) is 12.5 Å². The van der Waals surface area contributed by atoms with Crippen LogP contribution in [0, 0.1) is 30.6 Å². The molecule has 242 valence electrons. The van der Waals surface area contributed by atoms with Crippen LogP contribution in [0.2, 0.25) is 0 Å². The predicted molar refractivity (Wildman–Crippen MR) is 178 cm³/mol. The number of halogens is 1. The number of anilines is 1. The van der Waals surface area contributed by atoms with Crippen molar-refractivity contribution in [2.24, 2.45) is 23.7 Å². The summed E-state index contributed by atoms with van der Waals surface area (Å²) in [6, 6.07) is 20.3. The number of carbonyl (C=O) groups excluding carboxylic acids is 4. The number of aromatic hydroxyl groups is 1. The van der Waals surface area contributed by atoms with E-state index in [1.54, 1.807) is 12.1 Å². The Kier molecular flexibility index (Phi) is 7.74. The standard InChI is InChI=1S/C37H36BrN3O6/c1-4-16-40-33(43)25-15-14-24-26(30(25)35(40)45)19-27-34(44)41(39-23-12-10-20(2)11-13-23)36(46)37(27,22-8-6-5-7-9-22)31(24)21-17-28(38)32(42)29(18-21)47-3/h5-14,17-18,25-27,30-31,39,42H,4,15-16,19H2,1-3H3/t25-,26+,27-,30-,31-,37+/m0/s1. The second-order valence-corrected chi connectivity index (χ2v) is 13.8. The minimum absolute atomic E-state index is 0.0881. The number of nitrogens with zero attached hydrogens (tertiary/aromatic N) is 2. The number of phenols is 1. The number of amides is 4. The van der Waals surface area contributed by atoms with E-state index in [2.05, 4.69) is 21.4 Å². The fourth-order valence-corrected chi connectivity index (χ4v) is 9.01. The number of fused-ring (bicyclic) bond motifs is 4. The number of phenolic OH excluding ortho intramolecular Hbond substituents is 1. The van der Waals surface area contributed by atoms with Crippen LogP contribution < -0.4 is 10.2 Å². The van der Waals surface area contributed by atoms with Gasteiger partial charge >= 0.3 is 0 Å². The van der Waals surface area contributed by atoms with Crippen LogP contribution in [0.5, 0.6) is 11.5 Å². The van der Waals surface area contributed by atoms with Crippen LogP contribution in [0.4, 0.5) is 5.69 Å². The molecule has 4 aliphatic rings. The van der Waals surface area contributed by atoms with Gasteiger partial charge in [-0.2, -0.15) is 5.01 Å². The van der Waals surface area contributed by atoms with E-state index in [4.69, 9.17) is 4.74 Å². The van der Waals surface area contributed by atoms with Crippen LogP contribution in [0.15, 0.2) is 82.9 Å². The normalized spacial score (nSPS) is 28.2. The molecule has 0 radical (unpaired) electrons. The molecule has 10 heteroatoms. The first kappa shape index (κ1) is 31.2. The number of hydrazine groups is 1. The Balaban J connectivity index is 1.47. The van der Waals surface area contributed by atoms with E-state index in [0.29, 0.717) is 40.7 Å². The zero-order chi connectivity index (χ0) is 33.2. The van der Waals surface area contributed by atoms with E-state index in [9.17, 15) is 19.5 Å². The first-order valence-corrected chi connectivity index (χ1v) is 16.8. The minimum atomic E-state index is -1.40. The zero-order valence-corrected chi connectivity index (χ0v) is 28.0. The van der Waals surface area contributed by atoms with Gasteiger partial charge in [0.2, 0.25) is 11.8 Å². The van der Waals surface area contributed by atoms with Gasteiger partial charge in [0.15, 0.2) is 11.5 Å². The highest BCUT2D eigenvalue weighted by molar-refractivity contribution is 9.10. The number of methoxy groups -OCH3 is 1. The maximum atomic E-state index is 15.2. The number of benzene rings is 3. The molecule has 9 nitrogen and oxygen atoms in total. The summed E-state index contributed by atoms with van der Waals surface area (Å²) in [7, 11) is 1.46. The lowest BCUT2D eigenvalue weighted by atomic mass is 9.49. The van der Waals surface area contributed by atoms with E-state index in [1.165, 1.54) is 12.0 Å². The van der Waals surface area contributed by atoms with Gasteiger partial charge in [-0.25, -0.2) is 0 Å². The van der Waals surface area contributed by atoms with Crippen molar-refractivity contribution >= 4 is 45.2 Å². The number of likely N-dealkylation sites (tertiary alicyclic amines) is 1. The van der Waals surface area contributed by atoms with Crippen molar-refractivity contribution in [1.29, 1.82) is 0 Å². The van der Waals surface area contributed by atoms with E-state index in [-0.39, 0.29) is 29.7 Å². The molecule has 2 heterocycles. The van der Waals surface area contributed by atoms with Crippen molar-refractivity contribution in [3.8, 4) is 11.5 Å². The molecule has 2 N–H and O–H groups in total. The van der Waals surface area contributed by atoms with Crippen molar-refractivity contribution in [3.05, 3.63) is 99.5 Å². The Morgan fingerprint density at radius 2 is 1.70 bits per heavy atom. The van der Waals surface area contributed by atoms with Gasteiger partial charge in [-0.1, -0.05) is 66.6 Å². The molecule has 2 aliphatic carbocycles. The van der Waals surface area contributed by atoms with Gasteiger partial charge in [-0.3, -0.25) is 29.5 Å². The monoisotopic (exact) mass is 697 g/mol. The molecule has 3 fully saturated rings. The molecule has 3 aromatic rings. The van der Waals surface area contributed by atoms with E-state index >= 15 is 4.79 Å². The Morgan fingerprint density at radius 1 is 0.979 bits per heavy atom. The molecule has 1 saturated carbocycles. The number of rotatable bonds is 7. The molecule has 0 aromatic heterocycles. The van der Waals surface area contributed by atoms with Crippen LogP contribution in [0.25, 0.3) is 0 Å². The molecular weight excluding hydrogens is 662 g/mol. The molecule has 0 bridgehead atoms. The molecule has 2 saturated heterocycles. The number of hydrogen-bond donors (Lipinski definition) is 2. The second-order valence-electron chi connectivity index (χ2n) is 13.0. The summed E-state index contributed by atoms with van der Waals surface area (Å²) < 4.78 is 5.93. The van der Waals surface area contributed by atoms with E-state index in [0.717, 1.165) is 16.1 Å².